The molecule has 3 atom stereocenters. The van der Waals surface area contributed by atoms with E-state index in [1.807, 2.05) is 0 Å². The fraction of sp³-hybridized carbons (Fsp3) is 0.600. The van der Waals surface area contributed by atoms with E-state index in [1.54, 1.807) is 0 Å². The Kier molecular flexibility index (Phi) is 4.00. The average molecular weight is 217 g/mol. The molecule has 1 nitrogen and oxygen atoms in total. The maximum atomic E-state index is 3.71. The number of rotatable bonds is 6. The first-order valence-corrected chi connectivity index (χ1v) is 6.57. The SMILES string of the molecule is CCC(Cc1ccccc1)NCC1CC1C. The summed E-state index contributed by atoms with van der Waals surface area (Å²) in [6, 6.07) is 11.4. The van der Waals surface area contributed by atoms with Crippen LogP contribution in [0.2, 0.25) is 0 Å². The predicted octanol–water partition coefficient (Wildman–Crippen LogP) is 3.25. The summed E-state index contributed by atoms with van der Waals surface area (Å²) < 4.78 is 0. The molecule has 2 rings (SSSR count). The highest BCUT2D eigenvalue weighted by atomic mass is 14.9. The van der Waals surface area contributed by atoms with Gasteiger partial charge in [0.25, 0.3) is 0 Å². The molecule has 1 heteroatoms. The van der Waals surface area contributed by atoms with Crippen molar-refractivity contribution in [1.29, 1.82) is 0 Å². The molecule has 1 aliphatic rings. The van der Waals surface area contributed by atoms with Gasteiger partial charge in [-0.1, -0.05) is 44.2 Å². The Labute approximate surface area is 99.3 Å². The van der Waals surface area contributed by atoms with E-state index in [0.29, 0.717) is 6.04 Å². The number of benzene rings is 1. The molecule has 16 heavy (non-hydrogen) atoms. The first-order chi connectivity index (χ1) is 7.79. The number of nitrogens with one attached hydrogen (secondary N) is 1. The van der Waals surface area contributed by atoms with Crippen molar-refractivity contribution in [2.75, 3.05) is 6.54 Å². The summed E-state index contributed by atoms with van der Waals surface area (Å²) >= 11 is 0. The third-order valence-electron chi connectivity index (χ3n) is 3.76. The van der Waals surface area contributed by atoms with E-state index in [0.717, 1.165) is 11.8 Å². The first kappa shape index (κ1) is 11.7. The van der Waals surface area contributed by atoms with Gasteiger partial charge in [-0.15, -0.1) is 0 Å². The van der Waals surface area contributed by atoms with Crippen molar-refractivity contribution in [3.05, 3.63) is 35.9 Å². The van der Waals surface area contributed by atoms with E-state index in [9.17, 15) is 0 Å². The average Bonchev–Trinajstić information content (AvgIpc) is 3.02. The van der Waals surface area contributed by atoms with Gasteiger partial charge in [0.05, 0.1) is 0 Å². The molecule has 0 spiro atoms. The zero-order valence-electron chi connectivity index (χ0n) is 10.4. The van der Waals surface area contributed by atoms with E-state index < -0.39 is 0 Å². The molecule has 0 radical (unpaired) electrons. The highest BCUT2D eigenvalue weighted by Crippen LogP contribution is 2.36. The molecule has 0 saturated heterocycles. The Morgan fingerprint density at radius 1 is 1.31 bits per heavy atom. The molecule has 0 aromatic heterocycles. The fourth-order valence-electron chi connectivity index (χ4n) is 2.26. The second-order valence-electron chi connectivity index (χ2n) is 5.18. The van der Waals surface area contributed by atoms with Gasteiger partial charge in [0, 0.05) is 6.04 Å². The fourth-order valence-corrected chi connectivity index (χ4v) is 2.26. The van der Waals surface area contributed by atoms with Crippen molar-refractivity contribution < 1.29 is 0 Å². The van der Waals surface area contributed by atoms with Crippen LogP contribution in [0, 0.1) is 11.8 Å². The van der Waals surface area contributed by atoms with Gasteiger partial charge in [0.2, 0.25) is 0 Å². The molecule has 1 aromatic rings. The Hall–Kier alpha value is -0.820. The maximum Gasteiger partial charge on any atom is 0.0105 e. The van der Waals surface area contributed by atoms with E-state index in [1.165, 1.54) is 31.4 Å². The summed E-state index contributed by atoms with van der Waals surface area (Å²) in [7, 11) is 0. The van der Waals surface area contributed by atoms with Crippen molar-refractivity contribution >= 4 is 0 Å². The molecule has 88 valence electrons. The van der Waals surface area contributed by atoms with Gasteiger partial charge in [0.1, 0.15) is 0 Å². The van der Waals surface area contributed by atoms with Crippen molar-refractivity contribution in [2.45, 2.75) is 39.2 Å². The summed E-state index contributed by atoms with van der Waals surface area (Å²) in [5.41, 5.74) is 1.45. The van der Waals surface area contributed by atoms with Gasteiger partial charge in [-0.3, -0.25) is 0 Å². The second kappa shape index (κ2) is 5.49. The molecular weight excluding hydrogens is 194 g/mol. The quantitative estimate of drug-likeness (QED) is 0.771. The lowest BCUT2D eigenvalue weighted by atomic mass is 10.0. The molecular formula is C15H23N. The molecule has 0 amide bonds. The first-order valence-electron chi connectivity index (χ1n) is 6.57. The van der Waals surface area contributed by atoms with Gasteiger partial charge in [0.15, 0.2) is 0 Å². The predicted molar refractivity (Wildman–Crippen MR) is 69.5 cm³/mol. The Morgan fingerprint density at radius 2 is 2.00 bits per heavy atom. The Morgan fingerprint density at radius 3 is 2.56 bits per heavy atom. The third-order valence-corrected chi connectivity index (χ3v) is 3.76. The van der Waals surface area contributed by atoms with Crippen LogP contribution >= 0.6 is 0 Å². The lowest BCUT2D eigenvalue weighted by Crippen LogP contribution is -2.32. The van der Waals surface area contributed by atoms with E-state index in [-0.39, 0.29) is 0 Å². The monoisotopic (exact) mass is 217 g/mol. The third kappa shape index (κ3) is 3.34. The zero-order chi connectivity index (χ0) is 11.4. The van der Waals surface area contributed by atoms with Crippen LogP contribution in [0.3, 0.4) is 0 Å². The summed E-state index contributed by atoms with van der Waals surface area (Å²) in [4.78, 5) is 0. The van der Waals surface area contributed by atoms with Gasteiger partial charge >= 0.3 is 0 Å². The molecule has 1 aromatic carbocycles. The summed E-state index contributed by atoms with van der Waals surface area (Å²) in [6.45, 7) is 5.84. The summed E-state index contributed by atoms with van der Waals surface area (Å²) in [5, 5.41) is 3.71. The molecule has 1 fully saturated rings. The van der Waals surface area contributed by atoms with Crippen molar-refractivity contribution in [3.8, 4) is 0 Å². The van der Waals surface area contributed by atoms with Crippen molar-refractivity contribution in [3.63, 3.8) is 0 Å². The number of hydrogen-bond donors (Lipinski definition) is 1. The molecule has 1 aliphatic carbocycles. The lowest BCUT2D eigenvalue weighted by molar-refractivity contribution is 0.474. The van der Waals surface area contributed by atoms with Gasteiger partial charge in [-0.05, 0) is 43.2 Å². The Bertz CT molecular complexity index is 306. The van der Waals surface area contributed by atoms with Crippen LogP contribution in [-0.2, 0) is 6.42 Å². The van der Waals surface area contributed by atoms with Gasteiger partial charge < -0.3 is 5.32 Å². The molecule has 0 bridgehead atoms. The van der Waals surface area contributed by atoms with Gasteiger partial charge in [-0.25, -0.2) is 0 Å². The molecule has 1 saturated carbocycles. The van der Waals surface area contributed by atoms with Crippen LogP contribution in [0.25, 0.3) is 0 Å². The zero-order valence-corrected chi connectivity index (χ0v) is 10.4. The van der Waals surface area contributed by atoms with Crippen LogP contribution < -0.4 is 5.32 Å². The van der Waals surface area contributed by atoms with Crippen LogP contribution in [-0.4, -0.2) is 12.6 Å². The minimum absolute atomic E-state index is 0.648. The second-order valence-corrected chi connectivity index (χ2v) is 5.18. The molecule has 0 heterocycles. The largest absolute Gasteiger partial charge is 0.313 e. The highest BCUT2D eigenvalue weighted by Gasteiger charge is 2.32. The highest BCUT2D eigenvalue weighted by molar-refractivity contribution is 5.15. The minimum Gasteiger partial charge on any atom is -0.313 e. The van der Waals surface area contributed by atoms with E-state index in [2.05, 4.69) is 49.5 Å². The standard InChI is InChI=1S/C15H23N/c1-3-15(16-11-14-9-12(14)2)10-13-7-5-4-6-8-13/h4-8,12,14-16H,3,9-11H2,1-2H3. The van der Waals surface area contributed by atoms with Crippen LogP contribution in [0.1, 0.15) is 32.3 Å². The van der Waals surface area contributed by atoms with Crippen LogP contribution in [0.5, 0.6) is 0 Å². The van der Waals surface area contributed by atoms with Crippen LogP contribution in [0.15, 0.2) is 30.3 Å². The smallest absolute Gasteiger partial charge is 0.0105 e. The lowest BCUT2D eigenvalue weighted by Gasteiger charge is -2.17. The molecule has 3 unspecified atom stereocenters. The molecule has 1 N–H and O–H groups in total. The van der Waals surface area contributed by atoms with Crippen molar-refractivity contribution in [1.82, 2.24) is 5.32 Å². The normalized spacial score (nSPS) is 25.4. The minimum atomic E-state index is 0.648. The summed E-state index contributed by atoms with van der Waals surface area (Å²) in [5.74, 6) is 1.91. The Balaban J connectivity index is 1.76. The van der Waals surface area contributed by atoms with Crippen molar-refractivity contribution in [2.24, 2.45) is 11.8 Å². The van der Waals surface area contributed by atoms with E-state index >= 15 is 0 Å². The van der Waals surface area contributed by atoms with Gasteiger partial charge in [-0.2, -0.15) is 0 Å². The van der Waals surface area contributed by atoms with Crippen LogP contribution in [0.4, 0.5) is 0 Å². The number of hydrogen-bond acceptors (Lipinski definition) is 1. The topological polar surface area (TPSA) is 12.0 Å². The van der Waals surface area contributed by atoms with E-state index in [4.69, 9.17) is 0 Å². The maximum absolute atomic E-state index is 3.71. The summed E-state index contributed by atoms with van der Waals surface area (Å²) in [6.07, 6.45) is 3.81. The molecule has 0 aliphatic heterocycles.